The Kier molecular flexibility index (Phi) is 4.71. The molecule has 1 aliphatic heterocycles. The number of ether oxygens (including phenoxy) is 1. The molecule has 2 aromatic rings. The summed E-state index contributed by atoms with van der Waals surface area (Å²) in [5.74, 6) is -2.22. The summed E-state index contributed by atoms with van der Waals surface area (Å²) in [4.78, 5) is 11.4. The Morgan fingerprint density at radius 2 is 1.96 bits per heavy atom. The number of hydrogen-bond acceptors (Lipinski definition) is 3. The van der Waals surface area contributed by atoms with E-state index in [2.05, 4.69) is 0 Å². The van der Waals surface area contributed by atoms with E-state index in [9.17, 15) is 23.8 Å². The smallest absolute Gasteiger partial charge is 0.313 e. The standard InChI is InChI=1S/C20H20F2O4/c1-20(2,19(24)25)13-4-6-15-17(8-13)26-10-12(18(15)23)7-11-3-5-14(21)9-16(11)22/h3-6,8-9,12,18,23H,7,10H2,1-2H3,(H,24,25)/t12-,18+/m0/s1. The molecular weight excluding hydrogens is 342 g/mol. The summed E-state index contributed by atoms with van der Waals surface area (Å²) < 4.78 is 32.6. The molecule has 1 aliphatic rings. The van der Waals surface area contributed by atoms with Crippen molar-refractivity contribution in [3.8, 4) is 5.75 Å². The molecule has 3 rings (SSSR count). The van der Waals surface area contributed by atoms with E-state index in [4.69, 9.17) is 4.74 Å². The van der Waals surface area contributed by atoms with E-state index < -0.39 is 29.1 Å². The number of rotatable bonds is 4. The van der Waals surface area contributed by atoms with Crippen molar-refractivity contribution in [1.29, 1.82) is 0 Å². The molecule has 0 spiro atoms. The molecule has 0 radical (unpaired) electrons. The molecule has 2 atom stereocenters. The van der Waals surface area contributed by atoms with Gasteiger partial charge in [-0.3, -0.25) is 4.79 Å². The summed E-state index contributed by atoms with van der Waals surface area (Å²) in [6, 6.07) is 8.29. The quantitative estimate of drug-likeness (QED) is 0.872. The van der Waals surface area contributed by atoms with Crippen molar-refractivity contribution in [2.24, 2.45) is 5.92 Å². The summed E-state index contributed by atoms with van der Waals surface area (Å²) in [6.45, 7) is 3.34. The van der Waals surface area contributed by atoms with Crippen LogP contribution in [0.3, 0.4) is 0 Å². The number of carbonyl (C=O) groups is 1. The fourth-order valence-electron chi connectivity index (χ4n) is 3.10. The molecule has 0 amide bonds. The molecule has 138 valence electrons. The van der Waals surface area contributed by atoms with Gasteiger partial charge in [-0.15, -0.1) is 0 Å². The highest BCUT2D eigenvalue weighted by molar-refractivity contribution is 5.80. The summed E-state index contributed by atoms with van der Waals surface area (Å²) in [6.07, 6.45) is -0.681. The molecule has 1 heterocycles. The van der Waals surface area contributed by atoms with Crippen molar-refractivity contribution in [2.45, 2.75) is 31.8 Å². The number of fused-ring (bicyclic) bond motifs is 1. The van der Waals surface area contributed by atoms with E-state index in [1.807, 2.05) is 0 Å². The molecule has 0 saturated carbocycles. The lowest BCUT2D eigenvalue weighted by Crippen LogP contribution is -2.31. The molecule has 0 aromatic heterocycles. The van der Waals surface area contributed by atoms with Gasteiger partial charge >= 0.3 is 5.97 Å². The Balaban J connectivity index is 1.84. The third-order valence-electron chi connectivity index (χ3n) is 4.99. The van der Waals surface area contributed by atoms with Crippen LogP contribution in [-0.4, -0.2) is 22.8 Å². The number of hydrogen-bond donors (Lipinski definition) is 2. The predicted molar refractivity (Wildman–Crippen MR) is 91.1 cm³/mol. The van der Waals surface area contributed by atoms with Crippen LogP contribution in [0.15, 0.2) is 36.4 Å². The van der Waals surface area contributed by atoms with Crippen molar-refractivity contribution in [2.75, 3.05) is 6.61 Å². The second-order valence-corrected chi connectivity index (χ2v) is 7.14. The van der Waals surface area contributed by atoms with Crippen LogP contribution >= 0.6 is 0 Å². The Morgan fingerprint density at radius 3 is 2.62 bits per heavy atom. The minimum Gasteiger partial charge on any atom is -0.493 e. The fraction of sp³-hybridized carbons (Fsp3) is 0.350. The average molecular weight is 362 g/mol. The number of aliphatic carboxylic acids is 1. The molecule has 0 aliphatic carbocycles. The molecule has 2 N–H and O–H groups in total. The van der Waals surface area contributed by atoms with Crippen molar-refractivity contribution >= 4 is 5.97 Å². The summed E-state index contributed by atoms with van der Waals surface area (Å²) in [5.41, 5.74) is 0.330. The van der Waals surface area contributed by atoms with Crippen LogP contribution in [0.1, 0.15) is 36.6 Å². The highest BCUT2D eigenvalue weighted by Gasteiger charge is 2.34. The van der Waals surface area contributed by atoms with Crippen LogP contribution in [0, 0.1) is 17.6 Å². The van der Waals surface area contributed by atoms with Gasteiger partial charge in [-0.2, -0.15) is 0 Å². The fourth-order valence-corrected chi connectivity index (χ4v) is 3.10. The summed E-state index contributed by atoms with van der Waals surface area (Å²) in [7, 11) is 0. The number of carboxylic acids is 1. The first-order chi connectivity index (χ1) is 12.2. The van der Waals surface area contributed by atoms with Gasteiger partial charge in [0.05, 0.1) is 18.1 Å². The van der Waals surface area contributed by atoms with E-state index in [1.54, 1.807) is 32.0 Å². The molecule has 0 unspecified atom stereocenters. The molecule has 26 heavy (non-hydrogen) atoms. The maximum absolute atomic E-state index is 13.9. The third-order valence-corrected chi connectivity index (χ3v) is 4.99. The van der Waals surface area contributed by atoms with Crippen LogP contribution in [-0.2, 0) is 16.6 Å². The van der Waals surface area contributed by atoms with Gasteiger partial charge in [0.15, 0.2) is 0 Å². The van der Waals surface area contributed by atoms with E-state index in [0.29, 0.717) is 22.4 Å². The Hall–Kier alpha value is -2.47. The zero-order valence-corrected chi connectivity index (χ0v) is 14.5. The zero-order chi connectivity index (χ0) is 19.1. The highest BCUT2D eigenvalue weighted by Crippen LogP contribution is 2.39. The van der Waals surface area contributed by atoms with Gasteiger partial charge in [-0.1, -0.05) is 18.2 Å². The normalized spacial score (nSPS) is 19.6. The van der Waals surface area contributed by atoms with Gasteiger partial charge in [-0.05, 0) is 43.5 Å². The largest absolute Gasteiger partial charge is 0.493 e. The van der Waals surface area contributed by atoms with Gasteiger partial charge in [0.1, 0.15) is 17.4 Å². The first-order valence-corrected chi connectivity index (χ1v) is 8.32. The first kappa shape index (κ1) is 18.3. The van der Waals surface area contributed by atoms with Crippen LogP contribution in [0.2, 0.25) is 0 Å². The van der Waals surface area contributed by atoms with Crippen molar-refractivity contribution in [3.63, 3.8) is 0 Å². The monoisotopic (exact) mass is 362 g/mol. The minimum atomic E-state index is -1.09. The van der Waals surface area contributed by atoms with Crippen molar-refractivity contribution in [3.05, 3.63) is 64.7 Å². The lowest BCUT2D eigenvalue weighted by Gasteiger charge is -2.32. The third kappa shape index (κ3) is 3.29. The van der Waals surface area contributed by atoms with E-state index in [0.717, 1.165) is 6.07 Å². The topological polar surface area (TPSA) is 66.8 Å². The maximum Gasteiger partial charge on any atom is 0.313 e. The minimum absolute atomic E-state index is 0.155. The molecule has 0 fully saturated rings. The van der Waals surface area contributed by atoms with Gasteiger partial charge in [0.2, 0.25) is 0 Å². The number of benzene rings is 2. The molecule has 2 aromatic carbocycles. The number of aliphatic hydroxyl groups excluding tert-OH is 1. The number of aliphatic hydroxyl groups is 1. The zero-order valence-electron chi connectivity index (χ0n) is 14.5. The van der Waals surface area contributed by atoms with Gasteiger partial charge < -0.3 is 14.9 Å². The highest BCUT2D eigenvalue weighted by atomic mass is 19.1. The lowest BCUT2D eigenvalue weighted by molar-refractivity contribution is -0.142. The SMILES string of the molecule is CC(C)(C(=O)O)c1ccc2c(c1)OC[C@H](Cc1ccc(F)cc1F)[C@H]2O. The molecule has 0 saturated heterocycles. The second kappa shape index (κ2) is 6.68. The second-order valence-electron chi connectivity index (χ2n) is 7.14. The van der Waals surface area contributed by atoms with Gasteiger partial charge in [-0.25, -0.2) is 8.78 Å². The first-order valence-electron chi connectivity index (χ1n) is 8.32. The molecule has 6 heteroatoms. The molecule has 0 bridgehead atoms. The van der Waals surface area contributed by atoms with Gasteiger partial charge in [0, 0.05) is 17.5 Å². The van der Waals surface area contributed by atoms with E-state index in [1.165, 1.54) is 12.1 Å². The average Bonchev–Trinajstić information content (AvgIpc) is 2.59. The van der Waals surface area contributed by atoms with Gasteiger partial charge in [0.25, 0.3) is 0 Å². The van der Waals surface area contributed by atoms with Crippen molar-refractivity contribution < 1.29 is 28.5 Å². The molecule has 4 nitrogen and oxygen atoms in total. The number of carboxylic acid groups (broad SMARTS) is 1. The maximum atomic E-state index is 13.9. The number of halogens is 2. The van der Waals surface area contributed by atoms with Crippen LogP contribution in [0.5, 0.6) is 5.75 Å². The van der Waals surface area contributed by atoms with Crippen LogP contribution in [0.25, 0.3) is 0 Å². The van der Waals surface area contributed by atoms with Crippen molar-refractivity contribution in [1.82, 2.24) is 0 Å². The summed E-state index contributed by atoms with van der Waals surface area (Å²) in [5, 5.41) is 20.0. The Morgan fingerprint density at radius 1 is 1.23 bits per heavy atom. The Labute approximate surface area is 150 Å². The predicted octanol–water partition coefficient (Wildman–Crippen LogP) is 3.61. The van der Waals surface area contributed by atoms with Crippen LogP contribution < -0.4 is 4.74 Å². The van der Waals surface area contributed by atoms with E-state index >= 15 is 0 Å². The van der Waals surface area contributed by atoms with E-state index in [-0.39, 0.29) is 18.9 Å². The molecular formula is C20H20F2O4. The summed E-state index contributed by atoms with van der Waals surface area (Å²) >= 11 is 0. The van der Waals surface area contributed by atoms with Crippen LogP contribution in [0.4, 0.5) is 8.78 Å². The lowest BCUT2D eigenvalue weighted by atomic mass is 9.82. The Bertz CT molecular complexity index is 848.